The van der Waals surface area contributed by atoms with Gasteiger partial charge < -0.3 is 9.84 Å². The molecule has 1 N–H and O–H groups in total. The van der Waals surface area contributed by atoms with Crippen molar-refractivity contribution in [1.82, 2.24) is 0 Å². The molecule has 84 valence electrons. The zero-order valence-electron chi connectivity index (χ0n) is 9.00. The highest BCUT2D eigenvalue weighted by atomic mass is 19.1. The number of aliphatic hydroxyl groups is 1. The van der Waals surface area contributed by atoms with Gasteiger partial charge in [0.15, 0.2) is 0 Å². The lowest BCUT2D eigenvalue weighted by molar-refractivity contribution is 0.265. The van der Waals surface area contributed by atoms with Crippen molar-refractivity contribution in [3.05, 3.63) is 29.6 Å². The molecule has 1 aromatic carbocycles. The van der Waals surface area contributed by atoms with E-state index in [9.17, 15) is 4.39 Å². The van der Waals surface area contributed by atoms with Gasteiger partial charge in [-0.1, -0.05) is 6.07 Å². The van der Waals surface area contributed by atoms with Gasteiger partial charge in [0.2, 0.25) is 0 Å². The monoisotopic (exact) mass is 212 g/mol. The standard InChI is InChI=1S/C12H17FO2/c1-10-5-6-11(9-12(10)13)15-8-4-2-3-7-14/h5-6,9,14H,2-4,7-8H2,1H3. The van der Waals surface area contributed by atoms with Crippen LogP contribution in [0.2, 0.25) is 0 Å². The summed E-state index contributed by atoms with van der Waals surface area (Å²) in [5.41, 5.74) is 0.627. The van der Waals surface area contributed by atoms with E-state index in [1.807, 2.05) is 0 Å². The number of aliphatic hydroxyl groups excluding tert-OH is 1. The van der Waals surface area contributed by atoms with Crippen molar-refractivity contribution in [2.24, 2.45) is 0 Å². The largest absolute Gasteiger partial charge is 0.493 e. The van der Waals surface area contributed by atoms with E-state index in [1.54, 1.807) is 19.1 Å². The number of halogens is 1. The highest BCUT2D eigenvalue weighted by Crippen LogP contribution is 2.16. The fraction of sp³-hybridized carbons (Fsp3) is 0.500. The summed E-state index contributed by atoms with van der Waals surface area (Å²) in [6.45, 7) is 2.52. The minimum Gasteiger partial charge on any atom is -0.493 e. The summed E-state index contributed by atoms with van der Waals surface area (Å²) < 4.78 is 18.5. The first-order valence-electron chi connectivity index (χ1n) is 5.24. The molecule has 0 aliphatic carbocycles. The molecule has 3 heteroatoms. The quantitative estimate of drug-likeness (QED) is 0.734. The number of ether oxygens (including phenoxy) is 1. The van der Waals surface area contributed by atoms with Crippen LogP contribution in [-0.2, 0) is 0 Å². The molecule has 1 aromatic rings. The molecule has 0 aromatic heterocycles. The van der Waals surface area contributed by atoms with Crippen molar-refractivity contribution in [3.8, 4) is 5.75 Å². The number of unbranched alkanes of at least 4 members (excludes halogenated alkanes) is 2. The van der Waals surface area contributed by atoms with Gasteiger partial charge in [0, 0.05) is 12.7 Å². The second-order valence-electron chi connectivity index (χ2n) is 3.54. The van der Waals surface area contributed by atoms with Gasteiger partial charge in [-0.15, -0.1) is 0 Å². The molecule has 2 nitrogen and oxygen atoms in total. The average Bonchev–Trinajstić information content (AvgIpc) is 2.23. The first-order chi connectivity index (χ1) is 7.24. The number of hydrogen-bond donors (Lipinski definition) is 1. The van der Waals surface area contributed by atoms with Gasteiger partial charge in [-0.05, 0) is 37.8 Å². The predicted octanol–water partition coefficient (Wildman–Crippen LogP) is 2.68. The molecule has 0 aliphatic heterocycles. The van der Waals surface area contributed by atoms with Gasteiger partial charge in [0.05, 0.1) is 6.61 Å². The predicted molar refractivity (Wildman–Crippen MR) is 57.6 cm³/mol. The van der Waals surface area contributed by atoms with Crippen LogP contribution >= 0.6 is 0 Å². The summed E-state index contributed by atoms with van der Waals surface area (Å²) in [5.74, 6) is 0.338. The number of benzene rings is 1. The summed E-state index contributed by atoms with van der Waals surface area (Å²) in [7, 11) is 0. The molecule has 0 amide bonds. The lowest BCUT2D eigenvalue weighted by Crippen LogP contribution is -1.98. The van der Waals surface area contributed by atoms with Gasteiger partial charge in [-0.25, -0.2) is 4.39 Å². The second-order valence-corrected chi connectivity index (χ2v) is 3.54. The average molecular weight is 212 g/mol. The normalized spacial score (nSPS) is 10.3. The molecule has 0 radical (unpaired) electrons. The zero-order valence-corrected chi connectivity index (χ0v) is 9.00. The molecule has 15 heavy (non-hydrogen) atoms. The third-order valence-corrected chi connectivity index (χ3v) is 2.21. The summed E-state index contributed by atoms with van der Waals surface area (Å²) >= 11 is 0. The molecule has 0 saturated heterocycles. The smallest absolute Gasteiger partial charge is 0.129 e. The van der Waals surface area contributed by atoms with Crippen LogP contribution in [0.5, 0.6) is 5.75 Å². The molecule has 0 fully saturated rings. The third-order valence-electron chi connectivity index (χ3n) is 2.21. The Balaban J connectivity index is 2.28. The van der Waals surface area contributed by atoms with E-state index in [0.717, 1.165) is 19.3 Å². The molecule has 0 saturated carbocycles. The molecule has 0 aliphatic rings. The highest BCUT2D eigenvalue weighted by Gasteiger charge is 1.99. The van der Waals surface area contributed by atoms with E-state index in [2.05, 4.69) is 0 Å². The summed E-state index contributed by atoms with van der Waals surface area (Å²) in [6.07, 6.45) is 2.62. The van der Waals surface area contributed by atoms with Crippen LogP contribution in [0.4, 0.5) is 4.39 Å². The molecule has 0 heterocycles. The van der Waals surface area contributed by atoms with E-state index in [4.69, 9.17) is 9.84 Å². The summed E-state index contributed by atoms with van der Waals surface area (Å²) in [4.78, 5) is 0. The van der Waals surface area contributed by atoms with Crippen molar-refractivity contribution < 1.29 is 14.2 Å². The SMILES string of the molecule is Cc1ccc(OCCCCCO)cc1F. The third kappa shape index (κ3) is 4.30. The Morgan fingerprint density at radius 2 is 2.07 bits per heavy atom. The number of hydrogen-bond acceptors (Lipinski definition) is 2. The van der Waals surface area contributed by atoms with Crippen molar-refractivity contribution in [1.29, 1.82) is 0 Å². The van der Waals surface area contributed by atoms with Crippen LogP contribution in [0.1, 0.15) is 24.8 Å². The van der Waals surface area contributed by atoms with E-state index < -0.39 is 0 Å². The summed E-state index contributed by atoms with van der Waals surface area (Å²) in [6, 6.07) is 4.88. The Morgan fingerprint density at radius 3 is 2.73 bits per heavy atom. The van der Waals surface area contributed by atoms with Crippen molar-refractivity contribution in [3.63, 3.8) is 0 Å². The topological polar surface area (TPSA) is 29.5 Å². The Labute approximate surface area is 89.7 Å². The van der Waals surface area contributed by atoms with Crippen molar-refractivity contribution in [2.45, 2.75) is 26.2 Å². The fourth-order valence-corrected chi connectivity index (χ4v) is 1.24. The van der Waals surface area contributed by atoms with Crippen molar-refractivity contribution >= 4 is 0 Å². The number of rotatable bonds is 6. The molecule has 1 rings (SSSR count). The van der Waals surface area contributed by atoms with Crippen molar-refractivity contribution in [2.75, 3.05) is 13.2 Å². The van der Waals surface area contributed by atoms with Crippen LogP contribution in [-0.4, -0.2) is 18.3 Å². The maximum atomic E-state index is 13.1. The maximum absolute atomic E-state index is 13.1. The molecule has 0 atom stereocenters. The molecule has 0 bridgehead atoms. The van der Waals surface area contributed by atoms with Crippen LogP contribution in [0.15, 0.2) is 18.2 Å². The Bertz CT molecular complexity index is 300. The molecular weight excluding hydrogens is 195 g/mol. The Morgan fingerprint density at radius 1 is 1.27 bits per heavy atom. The van der Waals surface area contributed by atoms with E-state index in [0.29, 0.717) is 17.9 Å². The first kappa shape index (κ1) is 12.0. The van der Waals surface area contributed by atoms with Gasteiger partial charge >= 0.3 is 0 Å². The lowest BCUT2D eigenvalue weighted by Gasteiger charge is -2.06. The Kier molecular flexibility index (Phi) is 5.12. The second kappa shape index (κ2) is 6.40. The zero-order chi connectivity index (χ0) is 11.1. The summed E-state index contributed by atoms with van der Waals surface area (Å²) in [5, 5.41) is 8.56. The van der Waals surface area contributed by atoms with Crippen LogP contribution in [0, 0.1) is 12.7 Å². The van der Waals surface area contributed by atoms with E-state index in [1.165, 1.54) is 6.07 Å². The fourth-order valence-electron chi connectivity index (χ4n) is 1.24. The van der Waals surface area contributed by atoms with Crippen LogP contribution in [0.25, 0.3) is 0 Å². The highest BCUT2D eigenvalue weighted by molar-refractivity contribution is 5.27. The van der Waals surface area contributed by atoms with Crippen LogP contribution < -0.4 is 4.74 Å². The van der Waals surface area contributed by atoms with Gasteiger partial charge in [-0.3, -0.25) is 0 Å². The van der Waals surface area contributed by atoms with E-state index >= 15 is 0 Å². The maximum Gasteiger partial charge on any atom is 0.129 e. The Hall–Kier alpha value is -1.09. The van der Waals surface area contributed by atoms with Gasteiger partial charge in [0.25, 0.3) is 0 Å². The molecular formula is C12H17FO2. The molecule has 0 unspecified atom stereocenters. The number of aryl methyl sites for hydroxylation is 1. The first-order valence-corrected chi connectivity index (χ1v) is 5.24. The van der Waals surface area contributed by atoms with Gasteiger partial charge in [0.1, 0.15) is 11.6 Å². The van der Waals surface area contributed by atoms with E-state index in [-0.39, 0.29) is 12.4 Å². The minimum atomic E-state index is -0.233. The lowest BCUT2D eigenvalue weighted by atomic mass is 10.2. The minimum absolute atomic E-state index is 0.221. The van der Waals surface area contributed by atoms with Gasteiger partial charge in [-0.2, -0.15) is 0 Å². The molecule has 0 spiro atoms. The van der Waals surface area contributed by atoms with Crippen LogP contribution in [0.3, 0.4) is 0 Å².